The summed E-state index contributed by atoms with van der Waals surface area (Å²) in [6.45, 7) is 2.16. The van der Waals surface area contributed by atoms with Crippen molar-refractivity contribution in [3.8, 4) is 0 Å². The Balaban J connectivity index is 1.94. The lowest BCUT2D eigenvalue weighted by Crippen LogP contribution is -2.07. The number of amides is 1. The summed E-state index contributed by atoms with van der Waals surface area (Å²) in [6, 6.07) is 9.51. The van der Waals surface area contributed by atoms with Crippen LogP contribution in [0.5, 0.6) is 0 Å². The Morgan fingerprint density at radius 2 is 2.05 bits per heavy atom. The molecule has 0 unspecified atom stereocenters. The van der Waals surface area contributed by atoms with Crippen molar-refractivity contribution in [2.75, 3.05) is 11.9 Å². The minimum absolute atomic E-state index is 0.134. The number of nitrogens with one attached hydrogen (secondary N) is 1. The Morgan fingerprint density at radius 1 is 1.30 bits per heavy atom. The molecule has 0 bridgehead atoms. The molecular formula is C16H17NO2S. The Labute approximate surface area is 122 Å². The van der Waals surface area contributed by atoms with Gasteiger partial charge < -0.3 is 10.4 Å². The highest BCUT2D eigenvalue weighted by Crippen LogP contribution is 2.17. The van der Waals surface area contributed by atoms with E-state index in [1.807, 2.05) is 48.7 Å². The second-order valence-corrected chi connectivity index (χ2v) is 5.41. The SMILES string of the molecule is Cc1ccsc1/C=C/C(=O)Nc1ccc(CCO)cc1. The van der Waals surface area contributed by atoms with Crippen molar-refractivity contribution >= 4 is 29.0 Å². The number of aliphatic hydroxyl groups is 1. The second-order valence-electron chi connectivity index (χ2n) is 4.46. The number of rotatable bonds is 5. The van der Waals surface area contributed by atoms with E-state index in [1.165, 1.54) is 5.56 Å². The minimum atomic E-state index is -0.146. The Morgan fingerprint density at radius 3 is 2.65 bits per heavy atom. The number of carbonyl (C=O) groups excluding carboxylic acids is 1. The molecule has 0 atom stereocenters. The smallest absolute Gasteiger partial charge is 0.248 e. The summed E-state index contributed by atoms with van der Waals surface area (Å²) in [5.74, 6) is -0.146. The monoisotopic (exact) mass is 287 g/mol. The van der Waals surface area contributed by atoms with Crippen LogP contribution in [-0.4, -0.2) is 17.6 Å². The van der Waals surface area contributed by atoms with Gasteiger partial charge in [0.05, 0.1) is 0 Å². The Bertz CT molecular complexity index is 599. The molecule has 2 N–H and O–H groups in total. The van der Waals surface area contributed by atoms with E-state index in [2.05, 4.69) is 5.32 Å². The van der Waals surface area contributed by atoms with Crippen LogP contribution in [0, 0.1) is 6.92 Å². The van der Waals surface area contributed by atoms with Crippen LogP contribution in [0.3, 0.4) is 0 Å². The van der Waals surface area contributed by atoms with E-state index in [0.717, 1.165) is 16.1 Å². The predicted molar refractivity (Wildman–Crippen MR) is 84.0 cm³/mol. The number of carbonyl (C=O) groups is 1. The van der Waals surface area contributed by atoms with Crippen molar-refractivity contribution in [2.24, 2.45) is 0 Å². The van der Waals surface area contributed by atoms with Crippen molar-refractivity contribution in [3.05, 3.63) is 57.8 Å². The van der Waals surface area contributed by atoms with Crippen LogP contribution in [-0.2, 0) is 11.2 Å². The zero-order valence-electron chi connectivity index (χ0n) is 11.3. The fourth-order valence-electron chi connectivity index (χ4n) is 1.77. The molecular weight excluding hydrogens is 270 g/mol. The Hall–Kier alpha value is -1.91. The molecule has 0 aliphatic carbocycles. The standard InChI is InChI=1S/C16H17NO2S/c1-12-9-11-20-15(12)6-7-16(19)17-14-4-2-13(3-5-14)8-10-18/h2-7,9,11,18H,8,10H2,1H3,(H,17,19)/b7-6+. The molecule has 1 amide bonds. The van der Waals surface area contributed by atoms with Crippen molar-refractivity contribution < 1.29 is 9.90 Å². The van der Waals surface area contributed by atoms with Gasteiger partial charge in [-0.3, -0.25) is 4.79 Å². The summed E-state index contributed by atoms with van der Waals surface area (Å²) in [7, 11) is 0. The average Bonchev–Trinajstić information content (AvgIpc) is 2.84. The van der Waals surface area contributed by atoms with Gasteiger partial charge in [0, 0.05) is 23.2 Å². The van der Waals surface area contributed by atoms with Gasteiger partial charge >= 0.3 is 0 Å². The number of aliphatic hydroxyl groups excluding tert-OH is 1. The van der Waals surface area contributed by atoms with E-state index in [9.17, 15) is 4.79 Å². The number of hydrogen-bond donors (Lipinski definition) is 2. The van der Waals surface area contributed by atoms with E-state index in [1.54, 1.807) is 17.4 Å². The summed E-state index contributed by atoms with van der Waals surface area (Å²) < 4.78 is 0. The Kier molecular flexibility index (Phi) is 5.09. The fourth-order valence-corrected chi connectivity index (χ4v) is 2.59. The number of hydrogen-bond acceptors (Lipinski definition) is 3. The van der Waals surface area contributed by atoms with Crippen LogP contribution in [0.4, 0.5) is 5.69 Å². The molecule has 0 saturated carbocycles. The highest BCUT2D eigenvalue weighted by molar-refractivity contribution is 7.11. The summed E-state index contributed by atoms with van der Waals surface area (Å²) in [5, 5.41) is 13.7. The molecule has 0 radical (unpaired) electrons. The maximum atomic E-state index is 11.8. The molecule has 0 fully saturated rings. The van der Waals surface area contributed by atoms with E-state index < -0.39 is 0 Å². The molecule has 20 heavy (non-hydrogen) atoms. The third kappa shape index (κ3) is 4.05. The van der Waals surface area contributed by atoms with Crippen molar-refractivity contribution in [2.45, 2.75) is 13.3 Å². The lowest BCUT2D eigenvalue weighted by Gasteiger charge is -2.03. The van der Waals surface area contributed by atoms with E-state index in [4.69, 9.17) is 5.11 Å². The third-order valence-corrected chi connectivity index (χ3v) is 3.89. The summed E-state index contributed by atoms with van der Waals surface area (Å²) in [6.07, 6.45) is 4.00. The molecule has 1 aromatic carbocycles. The largest absolute Gasteiger partial charge is 0.396 e. The van der Waals surface area contributed by atoms with Gasteiger partial charge in [0.2, 0.25) is 5.91 Å². The zero-order valence-corrected chi connectivity index (χ0v) is 12.1. The maximum absolute atomic E-state index is 11.8. The first-order chi connectivity index (χ1) is 9.69. The van der Waals surface area contributed by atoms with E-state index >= 15 is 0 Å². The molecule has 1 aromatic heterocycles. The maximum Gasteiger partial charge on any atom is 0.248 e. The van der Waals surface area contributed by atoms with Crippen molar-refractivity contribution in [1.82, 2.24) is 0 Å². The molecule has 0 spiro atoms. The molecule has 4 heteroatoms. The quantitative estimate of drug-likeness (QED) is 0.829. The first-order valence-corrected chi connectivity index (χ1v) is 7.30. The van der Waals surface area contributed by atoms with Crippen LogP contribution in [0.25, 0.3) is 6.08 Å². The fraction of sp³-hybridized carbons (Fsp3) is 0.188. The van der Waals surface area contributed by atoms with Crippen LogP contribution in [0.2, 0.25) is 0 Å². The summed E-state index contributed by atoms with van der Waals surface area (Å²) >= 11 is 1.61. The second kappa shape index (κ2) is 7.03. The lowest BCUT2D eigenvalue weighted by atomic mass is 10.1. The first-order valence-electron chi connectivity index (χ1n) is 6.42. The molecule has 0 aliphatic heterocycles. The van der Waals surface area contributed by atoms with Crippen LogP contribution in [0.1, 0.15) is 16.0 Å². The normalized spacial score (nSPS) is 10.9. The zero-order chi connectivity index (χ0) is 14.4. The van der Waals surface area contributed by atoms with Gasteiger partial charge in [0.25, 0.3) is 0 Å². The van der Waals surface area contributed by atoms with Crippen LogP contribution in [0.15, 0.2) is 41.8 Å². The number of aryl methyl sites for hydroxylation is 1. The molecule has 104 valence electrons. The van der Waals surface area contributed by atoms with Gasteiger partial charge in [-0.25, -0.2) is 0 Å². The van der Waals surface area contributed by atoms with Crippen LogP contribution >= 0.6 is 11.3 Å². The van der Waals surface area contributed by atoms with Crippen LogP contribution < -0.4 is 5.32 Å². The van der Waals surface area contributed by atoms with E-state index in [0.29, 0.717) is 6.42 Å². The van der Waals surface area contributed by atoms with Gasteiger partial charge in [-0.2, -0.15) is 0 Å². The molecule has 3 nitrogen and oxygen atoms in total. The highest BCUT2D eigenvalue weighted by atomic mass is 32.1. The van der Waals surface area contributed by atoms with Gasteiger partial charge in [0.15, 0.2) is 0 Å². The van der Waals surface area contributed by atoms with Gasteiger partial charge in [-0.05, 0) is 54.1 Å². The third-order valence-electron chi connectivity index (χ3n) is 2.91. The van der Waals surface area contributed by atoms with Crippen molar-refractivity contribution in [3.63, 3.8) is 0 Å². The lowest BCUT2D eigenvalue weighted by molar-refractivity contribution is -0.111. The van der Waals surface area contributed by atoms with Crippen molar-refractivity contribution in [1.29, 1.82) is 0 Å². The van der Waals surface area contributed by atoms with Gasteiger partial charge in [-0.15, -0.1) is 11.3 Å². The number of thiophene rings is 1. The summed E-state index contributed by atoms with van der Waals surface area (Å²) in [5.41, 5.74) is 2.98. The average molecular weight is 287 g/mol. The van der Waals surface area contributed by atoms with Gasteiger partial charge in [-0.1, -0.05) is 12.1 Å². The topological polar surface area (TPSA) is 49.3 Å². The molecule has 0 saturated heterocycles. The minimum Gasteiger partial charge on any atom is -0.396 e. The first kappa shape index (κ1) is 14.5. The number of benzene rings is 1. The van der Waals surface area contributed by atoms with E-state index in [-0.39, 0.29) is 12.5 Å². The predicted octanol–water partition coefficient (Wildman–Crippen LogP) is 3.24. The number of anilines is 1. The molecule has 1 heterocycles. The highest BCUT2D eigenvalue weighted by Gasteiger charge is 2.00. The molecule has 0 aliphatic rings. The molecule has 2 aromatic rings. The molecule has 2 rings (SSSR count). The summed E-state index contributed by atoms with van der Waals surface area (Å²) in [4.78, 5) is 12.9. The van der Waals surface area contributed by atoms with Gasteiger partial charge in [0.1, 0.15) is 0 Å².